The van der Waals surface area contributed by atoms with Crippen molar-refractivity contribution in [3.05, 3.63) is 52.2 Å². The number of thiophene rings is 1. The Morgan fingerprint density at radius 1 is 1.39 bits per heavy atom. The van der Waals surface area contributed by atoms with E-state index >= 15 is 0 Å². The second kappa shape index (κ2) is 9.25. The van der Waals surface area contributed by atoms with Crippen LogP contribution in [0.5, 0.6) is 5.06 Å². The summed E-state index contributed by atoms with van der Waals surface area (Å²) in [6, 6.07) is 5.93. The zero-order valence-electron chi connectivity index (χ0n) is 17.2. The van der Waals surface area contributed by atoms with Crippen molar-refractivity contribution < 1.29 is 30.6 Å². The number of ether oxygens (including phenoxy) is 2. The van der Waals surface area contributed by atoms with Gasteiger partial charge in [0.25, 0.3) is 0 Å². The number of hydrogen-bond donors (Lipinski definition) is 0. The van der Waals surface area contributed by atoms with Gasteiger partial charge in [0.1, 0.15) is 14.6 Å². The summed E-state index contributed by atoms with van der Waals surface area (Å²) in [5.74, 6) is -2.23. The molecule has 0 fully saturated rings. The first-order valence-electron chi connectivity index (χ1n) is 9.90. The molecule has 28 heavy (non-hydrogen) atoms. The molecule has 1 aromatic heterocycles. The van der Waals surface area contributed by atoms with E-state index in [0.717, 1.165) is 10.4 Å². The summed E-state index contributed by atoms with van der Waals surface area (Å²) in [4.78, 5) is 26.9. The van der Waals surface area contributed by atoms with Crippen LogP contribution in [0.2, 0.25) is 0 Å². The fourth-order valence-electron chi connectivity index (χ4n) is 3.23. The maximum absolute atomic E-state index is 14.4. The molecule has 2 heterocycles. The largest absolute Gasteiger partial charge is 0.432 e. The van der Waals surface area contributed by atoms with Gasteiger partial charge in [-0.25, -0.2) is 13.6 Å². The van der Waals surface area contributed by atoms with Crippen molar-refractivity contribution in [2.75, 3.05) is 13.4 Å². The number of nitrogens with zero attached hydrogens (tertiary/aromatic N) is 1. The molecule has 1 aliphatic heterocycles. The molecule has 0 N–H and O–H groups in total. The first kappa shape index (κ1) is 17.8. The molecule has 0 saturated heterocycles. The molecule has 5 nitrogen and oxygen atoms in total. The number of fused-ring (bicyclic) bond motifs is 1. The third kappa shape index (κ3) is 4.56. The van der Waals surface area contributed by atoms with Crippen molar-refractivity contribution in [1.82, 2.24) is 4.90 Å². The van der Waals surface area contributed by atoms with E-state index in [0.29, 0.717) is 30.9 Å². The molecule has 0 unspecified atom stereocenters. The van der Waals surface area contributed by atoms with E-state index in [1.54, 1.807) is 11.0 Å². The number of alkyl halides is 1. The van der Waals surface area contributed by atoms with Crippen LogP contribution in [0.15, 0.2) is 30.3 Å². The molecule has 0 saturated carbocycles. The third-order valence-corrected chi connectivity index (χ3v) is 5.58. The average molecular weight is 411 g/mol. The lowest BCUT2D eigenvalue weighted by molar-refractivity contribution is -0.155. The number of carbonyl (C=O) groups excluding carboxylic acids is 2. The fraction of sp³-hybridized carbons (Fsp3) is 0.400. The third-order valence-electron chi connectivity index (χ3n) is 4.47. The highest BCUT2D eigenvalue weighted by molar-refractivity contribution is 7.14. The standard InChI is InChI=1S/C20H21F2NO4S/c1-2-5-17(24)27-18-10-13-11-23(9-8-16(13)28-18)19(20(25)26-12-21)14-6-3-4-7-15(14)22/h3-4,6-7,10,19H,2,5,8-9,11-12H2,1H3/t19-/m0/s1/i12D2. The topological polar surface area (TPSA) is 55.8 Å². The number of benzene rings is 1. The van der Waals surface area contributed by atoms with E-state index in [1.165, 1.54) is 35.6 Å². The van der Waals surface area contributed by atoms with Gasteiger partial charge in [0, 0.05) is 30.0 Å². The normalized spacial score (nSPS) is 16.5. The van der Waals surface area contributed by atoms with Crippen LogP contribution in [-0.4, -0.2) is 30.2 Å². The number of hydrogen-bond acceptors (Lipinski definition) is 6. The number of rotatable bonds is 7. The van der Waals surface area contributed by atoms with Crippen molar-refractivity contribution >= 4 is 23.3 Å². The Balaban J connectivity index is 1.85. The molecular weight excluding hydrogens is 388 g/mol. The van der Waals surface area contributed by atoms with Gasteiger partial charge in [-0.2, -0.15) is 0 Å². The first-order chi connectivity index (χ1) is 14.2. The minimum Gasteiger partial charge on any atom is -0.432 e. The molecule has 150 valence electrons. The summed E-state index contributed by atoms with van der Waals surface area (Å²) in [5, 5.41) is 0.449. The monoisotopic (exact) mass is 411 g/mol. The Morgan fingerprint density at radius 2 is 2.18 bits per heavy atom. The fourth-order valence-corrected chi connectivity index (χ4v) is 4.26. The Labute approximate surface area is 168 Å². The van der Waals surface area contributed by atoms with Crippen LogP contribution in [0.3, 0.4) is 0 Å². The molecule has 0 amide bonds. The number of esters is 2. The molecule has 1 atom stereocenters. The molecule has 3 rings (SSSR count). The Kier molecular flexibility index (Phi) is 5.87. The SMILES string of the molecule is [2H]C([2H])(F)OC(=O)[C@H](c1ccccc1F)N1CCc2sc(OC(=O)CCC)cc2C1. The second-order valence-corrected chi connectivity index (χ2v) is 7.48. The molecule has 0 spiro atoms. The van der Waals surface area contributed by atoms with Crippen molar-refractivity contribution in [2.24, 2.45) is 0 Å². The van der Waals surface area contributed by atoms with Gasteiger partial charge in [-0.05, 0) is 30.5 Å². The van der Waals surface area contributed by atoms with Crippen molar-refractivity contribution in [3.63, 3.8) is 0 Å². The van der Waals surface area contributed by atoms with E-state index < -0.39 is 24.6 Å². The van der Waals surface area contributed by atoms with Crippen LogP contribution in [-0.2, 0) is 27.3 Å². The van der Waals surface area contributed by atoms with Crippen LogP contribution in [0.1, 0.15) is 44.6 Å². The van der Waals surface area contributed by atoms with Gasteiger partial charge in [0.15, 0.2) is 5.06 Å². The average Bonchev–Trinajstić information content (AvgIpc) is 3.03. The number of halogens is 2. The Morgan fingerprint density at radius 3 is 2.89 bits per heavy atom. The van der Waals surface area contributed by atoms with Gasteiger partial charge in [-0.3, -0.25) is 9.69 Å². The lowest BCUT2D eigenvalue weighted by Gasteiger charge is -2.33. The van der Waals surface area contributed by atoms with Crippen molar-refractivity contribution in [1.29, 1.82) is 0 Å². The van der Waals surface area contributed by atoms with Crippen LogP contribution < -0.4 is 4.74 Å². The van der Waals surface area contributed by atoms with Gasteiger partial charge in [0.2, 0.25) is 6.81 Å². The van der Waals surface area contributed by atoms with Gasteiger partial charge in [-0.15, -0.1) is 11.3 Å². The zero-order valence-corrected chi connectivity index (χ0v) is 16.1. The van der Waals surface area contributed by atoms with E-state index in [-0.39, 0.29) is 18.1 Å². The first-order valence-corrected chi connectivity index (χ1v) is 9.72. The molecule has 8 heteroatoms. The predicted molar refractivity (Wildman–Crippen MR) is 100 cm³/mol. The molecular formula is C20H21F2NO4S. The Bertz CT molecular complexity index is 932. The van der Waals surface area contributed by atoms with E-state index in [9.17, 15) is 18.4 Å². The summed E-state index contributed by atoms with van der Waals surface area (Å²) < 4.78 is 51.2. The highest BCUT2D eigenvalue weighted by Gasteiger charge is 2.34. The molecule has 0 aliphatic carbocycles. The van der Waals surface area contributed by atoms with Gasteiger partial charge in [0.05, 0.1) is 0 Å². The van der Waals surface area contributed by atoms with Crippen LogP contribution >= 0.6 is 11.3 Å². The molecule has 0 radical (unpaired) electrons. The van der Waals surface area contributed by atoms with E-state index in [2.05, 4.69) is 4.74 Å². The lowest BCUT2D eigenvalue weighted by atomic mass is 10.0. The van der Waals surface area contributed by atoms with Crippen LogP contribution in [0, 0.1) is 5.82 Å². The summed E-state index contributed by atoms with van der Waals surface area (Å²) in [6.07, 6.45) is 1.49. The van der Waals surface area contributed by atoms with E-state index in [4.69, 9.17) is 7.48 Å². The summed E-state index contributed by atoms with van der Waals surface area (Å²) in [7, 11) is 0. The summed E-state index contributed by atoms with van der Waals surface area (Å²) >= 11 is 1.34. The lowest BCUT2D eigenvalue weighted by Crippen LogP contribution is -2.38. The number of carbonyl (C=O) groups is 2. The summed E-state index contributed by atoms with van der Waals surface area (Å²) in [6.45, 7) is -1.26. The van der Waals surface area contributed by atoms with Gasteiger partial charge < -0.3 is 9.47 Å². The summed E-state index contributed by atoms with van der Waals surface area (Å²) in [5.41, 5.74) is 0.781. The van der Waals surface area contributed by atoms with Crippen molar-refractivity contribution in [2.45, 2.75) is 38.8 Å². The van der Waals surface area contributed by atoms with Crippen LogP contribution in [0.25, 0.3) is 0 Å². The quantitative estimate of drug-likeness (QED) is 0.641. The minimum atomic E-state index is -3.68. The molecule has 2 aromatic rings. The molecule has 1 aliphatic rings. The van der Waals surface area contributed by atoms with Gasteiger partial charge in [-0.1, -0.05) is 25.1 Å². The predicted octanol–water partition coefficient (Wildman–Crippen LogP) is 4.16. The maximum atomic E-state index is 14.4. The maximum Gasteiger partial charge on any atom is 0.330 e. The Hall–Kier alpha value is -2.32. The van der Waals surface area contributed by atoms with E-state index in [1.807, 2.05) is 6.92 Å². The minimum absolute atomic E-state index is 0.0278. The second-order valence-electron chi connectivity index (χ2n) is 6.38. The molecule has 1 aromatic carbocycles. The van der Waals surface area contributed by atoms with Crippen LogP contribution in [0.4, 0.5) is 8.78 Å². The highest BCUT2D eigenvalue weighted by atomic mass is 32.1. The zero-order chi connectivity index (χ0) is 21.9. The highest BCUT2D eigenvalue weighted by Crippen LogP contribution is 2.37. The molecule has 0 bridgehead atoms. The smallest absolute Gasteiger partial charge is 0.330 e. The van der Waals surface area contributed by atoms with Gasteiger partial charge >= 0.3 is 11.9 Å². The van der Waals surface area contributed by atoms with Crippen molar-refractivity contribution in [3.8, 4) is 5.06 Å².